The van der Waals surface area contributed by atoms with Gasteiger partial charge in [0, 0.05) is 38.3 Å². The number of nitrogens with zero attached hydrogens (tertiary/aromatic N) is 1. The summed E-state index contributed by atoms with van der Waals surface area (Å²) in [5, 5.41) is 2.87. The fraction of sp³-hybridized carbons (Fsp3) is 0.500. The molecular formula is C14H21N3O. The molecule has 0 spiro atoms. The maximum absolute atomic E-state index is 11.2. The molecule has 4 heteroatoms. The van der Waals surface area contributed by atoms with E-state index in [1.807, 2.05) is 18.2 Å². The van der Waals surface area contributed by atoms with Gasteiger partial charge in [-0.3, -0.25) is 9.69 Å². The van der Waals surface area contributed by atoms with Crippen molar-refractivity contribution in [2.75, 3.05) is 18.4 Å². The number of carbonyl (C=O) groups excluding carboxylic acids is 1. The first-order chi connectivity index (χ1) is 8.56. The summed E-state index contributed by atoms with van der Waals surface area (Å²) in [6.07, 6.45) is 0. The summed E-state index contributed by atoms with van der Waals surface area (Å²) in [7, 11) is 0. The Balaban J connectivity index is 2.07. The number of nitrogens with two attached hydrogens (primary N) is 1. The molecule has 1 heterocycles. The third-order valence-electron chi connectivity index (χ3n) is 3.47. The number of amides is 1. The molecule has 0 aromatic heterocycles. The second-order valence-corrected chi connectivity index (χ2v) is 5.17. The monoisotopic (exact) mass is 247 g/mol. The van der Waals surface area contributed by atoms with E-state index >= 15 is 0 Å². The molecule has 1 saturated heterocycles. The van der Waals surface area contributed by atoms with Crippen molar-refractivity contribution in [3.8, 4) is 0 Å². The highest BCUT2D eigenvalue weighted by atomic mass is 16.1. The molecule has 0 aliphatic carbocycles. The van der Waals surface area contributed by atoms with Crippen molar-refractivity contribution in [2.45, 2.75) is 26.4 Å². The van der Waals surface area contributed by atoms with Gasteiger partial charge >= 0.3 is 0 Å². The molecule has 0 radical (unpaired) electrons. The summed E-state index contributed by atoms with van der Waals surface area (Å²) in [6.45, 7) is 6.51. The van der Waals surface area contributed by atoms with Crippen molar-refractivity contribution in [1.82, 2.24) is 4.90 Å². The minimum absolute atomic E-state index is 0.0334. The molecule has 1 amide bonds. The van der Waals surface area contributed by atoms with E-state index in [0.29, 0.717) is 5.92 Å². The number of benzene rings is 1. The summed E-state index contributed by atoms with van der Waals surface area (Å²) in [5.74, 6) is 0.506. The van der Waals surface area contributed by atoms with Gasteiger partial charge in [-0.25, -0.2) is 0 Å². The zero-order valence-corrected chi connectivity index (χ0v) is 11.0. The second kappa shape index (κ2) is 5.50. The molecule has 2 unspecified atom stereocenters. The first-order valence-electron chi connectivity index (χ1n) is 6.39. The largest absolute Gasteiger partial charge is 0.326 e. The van der Waals surface area contributed by atoms with Crippen LogP contribution in [-0.2, 0) is 11.3 Å². The zero-order chi connectivity index (χ0) is 13.1. The molecule has 0 saturated carbocycles. The molecule has 2 atom stereocenters. The van der Waals surface area contributed by atoms with Gasteiger partial charge in [-0.1, -0.05) is 25.1 Å². The molecular weight excluding hydrogens is 226 g/mol. The maximum Gasteiger partial charge on any atom is 0.221 e. The number of hydrogen-bond acceptors (Lipinski definition) is 3. The standard InChI is InChI=1S/C14H21N3O/c1-10-7-17(9-13(10)15)8-12-5-3-4-6-14(12)16-11(2)18/h3-6,10,13H,7-9,15H2,1-2H3,(H,16,18). The van der Waals surface area contributed by atoms with Crippen LogP contribution < -0.4 is 11.1 Å². The van der Waals surface area contributed by atoms with E-state index in [1.165, 1.54) is 6.92 Å². The van der Waals surface area contributed by atoms with Gasteiger partial charge in [-0.2, -0.15) is 0 Å². The van der Waals surface area contributed by atoms with Crippen LogP contribution in [0.25, 0.3) is 0 Å². The zero-order valence-electron chi connectivity index (χ0n) is 11.0. The average molecular weight is 247 g/mol. The maximum atomic E-state index is 11.2. The summed E-state index contributed by atoms with van der Waals surface area (Å²) in [4.78, 5) is 13.5. The van der Waals surface area contributed by atoms with Gasteiger partial charge in [0.15, 0.2) is 0 Å². The van der Waals surface area contributed by atoms with Crippen LogP contribution in [0.3, 0.4) is 0 Å². The van der Waals surface area contributed by atoms with Gasteiger partial charge in [0.2, 0.25) is 5.91 Å². The fourth-order valence-corrected chi connectivity index (χ4v) is 2.44. The molecule has 1 aliphatic rings. The number of carbonyl (C=O) groups is 1. The van der Waals surface area contributed by atoms with Crippen LogP contribution in [-0.4, -0.2) is 29.9 Å². The Labute approximate surface area is 108 Å². The average Bonchev–Trinajstić information content (AvgIpc) is 2.60. The lowest BCUT2D eigenvalue weighted by molar-refractivity contribution is -0.114. The molecule has 18 heavy (non-hydrogen) atoms. The quantitative estimate of drug-likeness (QED) is 0.849. The highest BCUT2D eigenvalue weighted by molar-refractivity contribution is 5.89. The SMILES string of the molecule is CC(=O)Nc1ccccc1CN1CC(C)C(N)C1. The van der Waals surface area contributed by atoms with Gasteiger partial charge in [0.1, 0.15) is 0 Å². The molecule has 0 bridgehead atoms. The number of para-hydroxylation sites is 1. The van der Waals surface area contributed by atoms with E-state index in [-0.39, 0.29) is 11.9 Å². The van der Waals surface area contributed by atoms with Crippen LogP contribution in [0, 0.1) is 5.92 Å². The number of likely N-dealkylation sites (tertiary alicyclic amines) is 1. The molecule has 2 rings (SSSR count). The summed E-state index contributed by atoms with van der Waals surface area (Å²) < 4.78 is 0. The minimum atomic E-state index is -0.0334. The predicted octanol–water partition coefficient (Wildman–Crippen LogP) is 1.42. The van der Waals surface area contributed by atoms with Crippen LogP contribution in [0.2, 0.25) is 0 Å². The van der Waals surface area contributed by atoms with E-state index < -0.39 is 0 Å². The number of rotatable bonds is 3. The van der Waals surface area contributed by atoms with Crippen LogP contribution in [0.1, 0.15) is 19.4 Å². The van der Waals surface area contributed by atoms with Crippen molar-refractivity contribution in [2.24, 2.45) is 11.7 Å². The Bertz CT molecular complexity index is 423. The van der Waals surface area contributed by atoms with E-state index in [2.05, 4.69) is 23.2 Å². The number of nitrogens with one attached hydrogen (secondary N) is 1. The van der Waals surface area contributed by atoms with Crippen molar-refractivity contribution in [1.29, 1.82) is 0 Å². The van der Waals surface area contributed by atoms with Crippen molar-refractivity contribution in [3.63, 3.8) is 0 Å². The molecule has 1 aromatic rings. The van der Waals surface area contributed by atoms with Crippen molar-refractivity contribution < 1.29 is 4.79 Å². The van der Waals surface area contributed by atoms with E-state index in [4.69, 9.17) is 5.73 Å². The Morgan fingerprint density at radius 2 is 2.17 bits per heavy atom. The predicted molar refractivity (Wildman–Crippen MR) is 73.2 cm³/mol. The lowest BCUT2D eigenvalue weighted by atomic mass is 10.1. The smallest absolute Gasteiger partial charge is 0.221 e. The number of anilines is 1. The molecule has 4 nitrogen and oxygen atoms in total. The third kappa shape index (κ3) is 3.09. The fourth-order valence-electron chi connectivity index (χ4n) is 2.44. The van der Waals surface area contributed by atoms with Crippen LogP contribution in [0.4, 0.5) is 5.69 Å². The van der Waals surface area contributed by atoms with Gasteiger partial charge in [-0.15, -0.1) is 0 Å². The molecule has 1 aliphatic heterocycles. The Kier molecular flexibility index (Phi) is 3.99. The Hall–Kier alpha value is -1.39. The van der Waals surface area contributed by atoms with Crippen LogP contribution in [0.15, 0.2) is 24.3 Å². The Morgan fingerprint density at radius 1 is 1.44 bits per heavy atom. The minimum Gasteiger partial charge on any atom is -0.326 e. The molecule has 1 aromatic carbocycles. The highest BCUT2D eigenvalue weighted by Crippen LogP contribution is 2.21. The van der Waals surface area contributed by atoms with E-state index in [0.717, 1.165) is 30.9 Å². The topological polar surface area (TPSA) is 58.4 Å². The Morgan fingerprint density at radius 3 is 2.78 bits per heavy atom. The van der Waals surface area contributed by atoms with Crippen molar-refractivity contribution >= 4 is 11.6 Å². The molecule has 98 valence electrons. The van der Waals surface area contributed by atoms with Crippen molar-refractivity contribution in [3.05, 3.63) is 29.8 Å². The lowest BCUT2D eigenvalue weighted by Crippen LogP contribution is -2.28. The van der Waals surface area contributed by atoms with Gasteiger partial charge in [0.25, 0.3) is 0 Å². The summed E-state index contributed by atoms with van der Waals surface area (Å²) >= 11 is 0. The third-order valence-corrected chi connectivity index (χ3v) is 3.47. The van der Waals surface area contributed by atoms with Gasteiger partial charge in [0.05, 0.1) is 0 Å². The van der Waals surface area contributed by atoms with E-state index in [9.17, 15) is 4.79 Å². The highest BCUT2D eigenvalue weighted by Gasteiger charge is 2.26. The first-order valence-corrected chi connectivity index (χ1v) is 6.39. The second-order valence-electron chi connectivity index (χ2n) is 5.17. The van der Waals surface area contributed by atoms with Crippen LogP contribution in [0.5, 0.6) is 0 Å². The first kappa shape index (κ1) is 13.1. The summed E-state index contributed by atoms with van der Waals surface area (Å²) in [6, 6.07) is 8.20. The normalized spacial score (nSPS) is 24.2. The number of hydrogen-bond donors (Lipinski definition) is 2. The van der Waals surface area contributed by atoms with Gasteiger partial charge < -0.3 is 11.1 Å². The molecule has 3 N–H and O–H groups in total. The molecule has 1 fully saturated rings. The summed E-state index contributed by atoms with van der Waals surface area (Å²) in [5.41, 5.74) is 8.08. The lowest BCUT2D eigenvalue weighted by Gasteiger charge is -2.18. The van der Waals surface area contributed by atoms with Gasteiger partial charge in [-0.05, 0) is 17.5 Å². The van der Waals surface area contributed by atoms with Crippen LogP contribution >= 0.6 is 0 Å². The van der Waals surface area contributed by atoms with E-state index in [1.54, 1.807) is 0 Å².